The van der Waals surface area contributed by atoms with Gasteiger partial charge in [0, 0.05) is 11.6 Å². The summed E-state index contributed by atoms with van der Waals surface area (Å²) in [5.74, 6) is 0.690. The zero-order chi connectivity index (χ0) is 14.8. The number of pyridine rings is 2. The summed E-state index contributed by atoms with van der Waals surface area (Å²) in [4.78, 5) is 27.8. The van der Waals surface area contributed by atoms with Crippen molar-refractivity contribution < 1.29 is 9.53 Å². The molecule has 0 fully saturated rings. The fourth-order valence-corrected chi connectivity index (χ4v) is 2.22. The molecule has 2 heterocycles. The van der Waals surface area contributed by atoms with Crippen molar-refractivity contribution in [3.63, 3.8) is 0 Å². The molecule has 0 atom stereocenters. The Hall–Kier alpha value is -2.95. The standard InChI is InChI=1S/C16H12N2O3/c1-21-14-6-4-13(5-7-14)18-15-11(3-2-8-17-15)9-12(10-19)16(18)20/h2-10H,1H3. The van der Waals surface area contributed by atoms with Crippen molar-refractivity contribution >= 4 is 17.3 Å². The number of fused-ring (bicyclic) bond motifs is 1. The van der Waals surface area contributed by atoms with Gasteiger partial charge in [0.2, 0.25) is 0 Å². The van der Waals surface area contributed by atoms with Crippen molar-refractivity contribution in [2.75, 3.05) is 7.11 Å². The molecule has 3 rings (SSSR count). The van der Waals surface area contributed by atoms with Crippen molar-refractivity contribution in [1.29, 1.82) is 0 Å². The molecular formula is C16H12N2O3. The molecular weight excluding hydrogens is 268 g/mol. The molecule has 0 aliphatic rings. The highest BCUT2D eigenvalue weighted by Gasteiger charge is 2.11. The van der Waals surface area contributed by atoms with Crippen LogP contribution in [-0.4, -0.2) is 22.9 Å². The number of nitrogens with zero attached hydrogens (tertiary/aromatic N) is 2. The highest BCUT2D eigenvalue weighted by atomic mass is 16.5. The number of rotatable bonds is 3. The van der Waals surface area contributed by atoms with Gasteiger partial charge in [-0.3, -0.25) is 14.2 Å². The molecule has 0 aliphatic heterocycles. The van der Waals surface area contributed by atoms with Crippen molar-refractivity contribution in [2.24, 2.45) is 0 Å². The topological polar surface area (TPSA) is 61.2 Å². The van der Waals surface area contributed by atoms with E-state index in [-0.39, 0.29) is 11.1 Å². The lowest BCUT2D eigenvalue weighted by atomic mass is 10.2. The molecule has 104 valence electrons. The fourth-order valence-electron chi connectivity index (χ4n) is 2.22. The molecule has 5 heteroatoms. The third-order valence-electron chi connectivity index (χ3n) is 3.25. The maximum absolute atomic E-state index is 12.4. The van der Waals surface area contributed by atoms with E-state index in [9.17, 15) is 9.59 Å². The minimum absolute atomic E-state index is 0.103. The Morgan fingerprint density at radius 1 is 1.19 bits per heavy atom. The second-order valence-corrected chi connectivity index (χ2v) is 4.47. The quantitative estimate of drug-likeness (QED) is 0.690. The molecule has 21 heavy (non-hydrogen) atoms. The monoisotopic (exact) mass is 280 g/mol. The van der Waals surface area contributed by atoms with Gasteiger partial charge in [0.15, 0.2) is 6.29 Å². The first-order valence-corrected chi connectivity index (χ1v) is 6.35. The summed E-state index contributed by atoms with van der Waals surface area (Å²) in [6, 6.07) is 12.1. The number of carbonyl (C=O) groups is 1. The molecule has 3 aromatic rings. The molecule has 0 amide bonds. The van der Waals surface area contributed by atoms with Crippen LogP contribution in [0.15, 0.2) is 53.5 Å². The van der Waals surface area contributed by atoms with Crippen molar-refractivity contribution in [3.05, 3.63) is 64.6 Å². The molecule has 2 aromatic heterocycles. The van der Waals surface area contributed by atoms with E-state index >= 15 is 0 Å². The third kappa shape index (κ3) is 2.18. The number of carbonyl (C=O) groups excluding carboxylic acids is 1. The zero-order valence-electron chi connectivity index (χ0n) is 11.3. The highest BCUT2D eigenvalue weighted by molar-refractivity contribution is 5.85. The van der Waals surface area contributed by atoms with E-state index in [2.05, 4.69) is 4.98 Å². The van der Waals surface area contributed by atoms with Gasteiger partial charge < -0.3 is 4.74 Å². The summed E-state index contributed by atoms with van der Waals surface area (Å²) in [7, 11) is 1.57. The Morgan fingerprint density at radius 2 is 1.95 bits per heavy atom. The summed E-state index contributed by atoms with van der Waals surface area (Å²) < 4.78 is 6.54. The lowest BCUT2D eigenvalue weighted by molar-refractivity contribution is 0.112. The largest absolute Gasteiger partial charge is 0.497 e. The average Bonchev–Trinajstić information content (AvgIpc) is 2.54. The predicted molar refractivity (Wildman–Crippen MR) is 79.3 cm³/mol. The molecule has 0 saturated carbocycles. The van der Waals surface area contributed by atoms with Crippen LogP contribution in [0.25, 0.3) is 16.7 Å². The van der Waals surface area contributed by atoms with Crippen LogP contribution in [0, 0.1) is 0 Å². The summed E-state index contributed by atoms with van der Waals surface area (Å²) in [5, 5.41) is 0.731. The van der Waals surface area contributed by atoms with Gasteiger partial charge >= 0.3 is 0 Å². The zero-order valence-corrected chi connectivity index (χ0v) is 11.3. The predicted octanol–water partition coefficient (Wildman–Crippen LogP) is 2.21. The van der Waals surface area contributed by atoms with Crippen LogP contribution < -0.4 is 10.3 Å². The molecule has 1 aromatic carbocycles. The Morgan fingerprint density at radius 3 is 2.62 bits per heavy atom. The number of hydrogen-bond acceptors (Lipinski definition) is 4. The Balaban J connectivity index is 2.36. The van der Waals surface area contributed by atoms with Crippen LogP contribution >= 0.6 is 0 Å². The van der Waals surface area contributed by atoms with E-state index in [4.69, 9.17) is 4.74 Å². The number of methoxy groups -OCH3 is 1. The number of ether oxygens (including phenoxy) is 1. The normalized spacial score (nSPS) is 10.5. The lowest BCUT2D eigenvalue weighted by Gasteiger charge is -2.10. The Kier molecular flexibility index (Phi) is 3.23. The fraction of sp³-hybridized carbons (Fsp3) is 0.0625. The lowest BCUT2D eigenvalue weighted by Crippen LogP contribution is -2.23. The first kappa shape index (κ1) is 13.1. The van der Waals surface area contributed by atoms with Crippen molar-refractivity contribution in [2.45, 2.75) is 0 Å². The van der Waals surface area contributed by atoms with E-state index in [0.717, 1.165) is 5.39 Å². The highest BCUT2D eigenvalue weighted by Crippen LogP contribution is 2.18. The summed E-state index contributed by atoms with van der Waals surface area (Å²) in [6.45, 7) is 0. The molecule has 0 aliphatic carbocycles. The average molecular weight is 280 g/mol. The summed E-state index contributed by atoms with van der Waals surface area (Å²) in [6.07, 6.45) is 2.18. The van der Waals surface area contributed by atoms with Crippen LogP contribution in [-0.2, 0) is 0 Å². The van der Waals surface area contributed by atoms with Gasteiger partial charge in [-0.15, -0.1) is 0 Å². The molecule has 0 unspecified atom stereocenters. The molecule has 0 bridgehead atoms. The van der Waals surface area contributed by atoms with Crippen LogP contribution in [0.4, 0.5) is 0 Å². The molecule has 0 N–H and O–H groups in total. The van der Waals surface area contributed by atoms with E-state index in [1.807, 2.05) is 6.07 Å². The van der Waals surface area contributed by atoms with E-state index in [1.165, 1.54) is 4.57 Å². The SMILES string of the molecule is COc1ccc(-n2c(=O)c(C=O)cc3cccnc32)cc1. The van der Waals surface area contributed by atoms with Crippen molar-refractivity contribution in [1.82, 2.24) is 9.55 Å². The van der Waals surface area contributed by atoms with Gasteiger partial charge in [-0.05, 0) is 42.5 Å². The second kappa shape index (κ2) is 5.20. The van der Waals surface area contributed by atoms with Gasteiger partial charge in [0.1, 0.15) is 11.4 Å². The van der Waals surface area contributed by atoms with Gasteiger partial charge in [0.25, 0.3) is 5.56 Å². The first-order valence-electron chi connectivity index (χ1n) is 6.35. The second-order valence-electron chi connectivity index (χ2n) is 4.47. The van der Waals surface area contributed by atoms with Gasteiger partial charge in [-0.1, -0.05) is 0 Å². The Labute approximate surface area is 120 Å². The molecule has 0 spiro atoms. The van der Waals surface area contributed by atoms with Crippen LogP contribution in [0.5, 0.6) is 5.75 Å². The maximum Gasteiger partial charge on any atom is 0.267 e. The summed E-state index contributed by atoms with van der Waals surface area (Å²) in [5.41, 5.74) is 0.860. The number of aldehydes is 1. The molecule has 0 saturated heterocycles. The minimum Gasteiger partial charge on any atom is -0.497 e. The first-order chi connectivity index (χ1) is 10.2. The van der Waals surface area contributed by atoms with Gasteiger partial charge in [-0.25, -0.2) is 4.98 Å². The number of aromatic nitrogens is 2. The molecule has 5 nitrogen and oxygen atoms in total. The van der Waals surface area contributed by atoms with Crippen molar-refractivity contribution in [3.8, 4) is 11.4 Å². The van der Waals surface area contributed by atoms with E-state index < -0.39 is 0 Å². The Bertz CT molecular complexity index is 867. The number of benzene rings is 1. The minimum atomic E-state index is -0.388. The van der Waals surface area contributed by atoms with E-state index in [0.29, 0.717) is 23.4 Å². The molecule has 0 radical (unpaired) electrons. The van der Waals surface area contributed by atoms with Gasteiger partial charge in [-0.2, -0.15) is 0 Å². The maximum atomic E-state index is 12.4. The summed E-state index contributed by atoms with van der Waals surface area (Å²) >= 11 is 0. The smallest absolute Gasteiger partial charge is 0.267 e. The van der Waals surface area contributed by atoms with Crippen LogP contribution in [0.2, 0.25) is 0 Å². The van der Waals surface area contributed by atoms with Gasteiger partial charge in [0.05, 0.1) is 18.4 Å². The van der Waals surface area contributed by atoms with E-state index in [1.54, 1.807) is 49.7 Å². The third-order valence-corrected chi connectivity index (χ3v) is 3.25. The number of hydrogen-bond donors (Lipinski definition) is 0. The van der Waals surface area contributed by atoms with Crippen LogP contribution in [0.3, 0.4) is 0 Å². The van der Waals surface area contributed by atoms with Crippen LogP contribution in [0.1, 0.15) is 10.4 Å².